The van der Waals surface area contributed by atoms with Gasteiger partial charge in [-0.25, -0.2) is 0 Å². The Morgan fingerprint density at radius 3 is 1.21 bits per heavy atom. The summed E-state index contributed by atoms with van der Waals surface area (Å²) in [7, 11) is 0. The van der Waals surface area contributed by atoms with E-state index in [0.717, 1.165) is 0 Å². The van der Waals surface area contributed by atoms with Crippen LogP contribution in [0.5, 0.6) is 0 Å². The first-order chi connectivity index (χ1) is 8.37. The van der Waals surface area contributed by atoms with Crippen LogP contribution >= 0.6 is 44.2 Å². The van der Waals surface area contributed by atoms with Gasteiger partial charge in [0, 0.05) is 41.1 Å². The number of Topliss-reactive ketones (excluding diaryl/α,β-unsaturated/α-hetero) is 2. The van der Waals surface area contributed by atoms with Crippen LogP contribution in [0, 0.1) is 10.8 Å². The largest absolute Gasteiger partial charge is 0.300 e. The molecule has 0 unspecified atom stereocenters. The molecule has 19 heavy (non-hydrogen) atoms. The summed E-state index contributed by atoms with van der Waals surface area (Å²) in [4.78, 5) is 21.2. The summed E-state index contributed by atoms with van der Waals surface area (Å²) < 4.78 is 0. The normalized spacial score (nSPS) is 10.6. The molecule has 0 N–H and O–H groups in total. The van der Waals surface area contributed by atoms with E-state index in [-0.39, 0.29) is 22.4 Å². The minimum atomic E-state index is 0.144. The van der Waals surface area contributed by atoms with E-state index in [4.69, 9.17) is 0 Å². The van der Waals surface area contributed by atoms with Crippen molar-refractivity contribution in [2.24, 2.45) is 10.8 Å². The van der Waals surface area contributed by atoms with Gasteiger partial charge in [0.05, 0.1) is 5.33 Å². The lowest BCUT2D eigenvalue weighted by Crippen LogP contribution is -2.13. The SMILES string of the molecule is BrBr.CC(=O)CC(C)(C)C.CC(C)(C)CC(=O)CBr. The molecule has 0 spiro atoms. The van der Waals surface area contributed by atoms with Gasteiger partial charge in [-0.05, 0) is 17.8 Å². The third-order valence-electron chi connectivity index (χ3n) is 1.66. The lowest BCUT2D eigenvalue weighted by molar-refractivity contribution is -0.119. The maximum absolute atomic E-state index is 10.8. The van der Waals surface area contributed by atoms with E-state index in [9.17, 15) is 9.59 Å². The Labute approximate surface area is 142 Å². The second-order valence-corrected chi connectivity index (χ2v) is 7.41. The summed E-state index contributed by atoms with van der Waals surface area (Å²) in [6.45, 7) is 14.0. The van der Waals surface area contributed by atoms with Crippen LogP contribution in [0.25, 0.3) is 0 Å². The van der Waals surface area contributed by atoms with Gasteiger partial charge >= 0.3 is 0 Å². The monoisotopic (exact) mass is 464 g/mol. The second kappa shape index (κ2) is 12.5. The van der Waals surface area contributed by atoms with E-state index >= 15 is 0 Å². The van der Waals surface area contributed by atoms with Crippen LogP contribution in [0.1, 0.15) is 61.3 Å². The third-order valence-corrected chi connectivity index (χ3v) is 2.28. The van der Waals surface area contributed by atoms with Crippen molar-refractivity contribution in [2.75, 3.05) is 5.33 Å². The van der Waals surface area contributed by atoms with E-state index in [0.29, 0.717) is 18.2 Å². The fourth-order valence-electron chi connectivity index (χ4n) is 1.39. The van der Waals surface area contributed by atoms with Crippen molar-refractivity contribution in [1.29, 1.82) is 0 Å². The summed E-state index contributed by atoms with van der Waals surface area (Å²) in [5, 5.41) is 0.490. The topological polar surface area (TPSA) is 34.1 Å². The Morgan fingerprint density at radius 1 is 0.842 bits per heavy atom. The molecule has 0 heterocycles. The number of carbonyl (C=O) groups is 2. The highest BCUT2D eigenvalue weighted by molar-refractivity contribution is 9.93. The first kappa shape index (κ1) is 24.8. The van der Waals surface area contributed by atoms with E-state index < -0.39 is 0 Å². The highest BCUT2D eigenvalue weighted by atomic mass is 80.9. The zero-order valence-corrected chi connectivity index (χ0v) is 17.8. The third kappa shape index (κ3) is 32.4. The Hall–Kier alpha value is 0.780. The molecular formula is C14H27Br3O2. The van der Waals surface area contributed by atoms with Gasteiger partial charge in [0.15, 0.2) is 0 Å². The molecule has 0 aromatic rings. The van der Waals surface area contributed by atoms with Crippen LogP contribution in [0.3, 0.4) is 0 Å². The fraction of sp³-hybridized carbons (Fsp3) is 0.857. The standard InChI is InChI=1S/C7H13BrO.C7H14O.Br2/c1-7(2,3)4-6(9)5-8;1-6(8)5-7(2,3)4;1-2/h4-5H2,1-3H3;5H2,1-4H3;. The summed E-state index contributed by atoms with van der Waals surface area (Å²) >= 11 is 8.62. The van der Waals surface area contributed by atoms with Gasteiger partial charge in [0.2, 0.25) is 0 Å². The van der Waals surface area contributed by atoms with Gasteiger partial charge in [-0.1, -0.05) is 57.5 Å². The molecule has 0 fully saturated rings. The predicted molar refractivity (Wildman–Crippen MR) is 95.5 cm³/mol. The van der Waals surface area contributed by atoms with Crippen molar-refractivity contribution in [3.05, 3.63) is 0 Å². The molecule has 0 bridgehead atoms. The highest BCUT2D eigenvalue weighted by Gasteiger charge is 2.14. The Bertz CT molecular complexity index is 250. The van der Waals surface area contributed by atoms with Crippen LogP contribution in [0.2, 0.25) is 0 Å². The van der Waals surface area contributed by atoms with E-state index in [2.05, 4.69) is 85.7 Å². The quantitative estimate of drug-likeness (QED) is 0.471. The molecule has 0 aliphatic carbocycles. The number of hydrogen-bond donors (Lipinski definition) is 0. The van der Waals surface area contributed by atoms with Crippen molar-refractivity contribution in [3.8, 4) is 0 Å². The maximum Gasteiger partial charge on any atom is 0.143 e. The van der Waals surface area contributed by atoms with Gasteiger partial charge < -0.3 is 4.79 Å². The maximum atomic E-state index is 10.8. The molecule has 0 amide bonds. The first-order valence-electron chi connectivity index (χ1n) is 6.09. The Balaban J connectivity index is -0.000000239. The van der Waals surface area contributed by atoms with Gasteiger partial charge in [0.25, 0.3) is 0 Å². The predicted octanol–water partition coefficient (Wildman–Crippen LogP) is 6.09. The van der Waals surface area contributed by atoms with E-state index in [1.54, 1.807) is 6.92 Å². The molecule has 0 aliphatic rings. The lowest BCUT2D eigenvalue weighted by Gasteiger charge is -2.15. The molecule has 0 saturated heterocycles. The number of alkyl halides is 1. The van der Waals surface area contributed by atoms with Crippen LogP contribution in [0.4, 0.5) is 0 Å². The molecule has 2 nitrogen and oxygen atoms in total. The zero-order chi connectivity index (χ0) is 16.3. The average Bonchev–Trinajstić information content (AvgIpc) is 2.15. The smallest absolute Gasteiger partial charge is 0.143 e. The van der Waals surface area contributed by atoms with Gasteiger partial charge in [0.1, 0.15) is 11.6 Å². The number of hydrogen-bond acceptors (Lipinski definition) is 2. The lowest BCUT2D eigenvalue weighted by atomic mass is 9.90. The summed E-state index contributed by atoms with van der Waals surface area (Å²) in [6.07, 6.45) is 1.35. The summed E-state index contributed by atoms with van der Waals surface area (Å²) in [5.74, 6) is 0.556. The molecule has 0 aromatic heterocycles. The van der Waals surface area contributed by atoms with Crippen molar-refractivity contribution in [1.82, 2.24) is 0 Å². The number of halogens is 3. The van der Waals surface area contributed by atoms with Crippen LogP contribution in [-0.4, -0.2) is 16.9 Å². The minimum Gasteiger partial charge on any atom is -0.300 e. The molecule has 0 aromatic carbocycles. The number of rotatable bonds is 3. The van der Waals surface area contributed by atoms with Crippen molar-refractivity contribution in [3.63, 3.8) is 0 Å². The molecule has 0 radical (unpaired) electrons. The zero-order valence-electron chi connectivity index (χ0n) is 13.1. The molecule has 0 saturated carbocycles. The van der Waals surface area contributed by atoms with Crippen molar-refractivity contribution in [2.45, 2.75) is 61.3 Å². The first-order valence-corrected chi connectivity index (χ1v) is 10.9. The molecular weight excluding hydrogens is 440 g/mol. The van der Waals surface area contributed by atoms with Gasteiger partial charge in [-0.15, -0.1) is 0 Å². The Kier molecular flexibility index (Phi) is 16.3. The molecule has 0 atom stereocenters. The minimum absolute atomic E-state index is 0.144. The van der Waals surface area contributed by atoms with Crippen molar-refractivity contribution >= 4 is 55.8 Å². The average molecular weight is 467 g/mol. The fourth-order valence-corrected chi connectivity index (χ4v) is 1.58. The van der Waals surface area contributed by atoms with Crippen LogP contribution in [0.15, 0.2) is 0 Å². The molecule has 0 aliphatic heterocycles. The Morgan fingerprint density at radius 2 is 1.16 bits per heavy atom. The van der Waals surface area contributed by atoms with Crippen LogP contribution < -0.4 is 0 Å². The van der Waals surface area contributed by atoms with E-state index in [1.807, 2.05) is 0 Å². The highest BCUT2D eigenvalue weighted by Crippen LogP contribution is 2.19. The molecule has 5 heteroatoms. The number of carbonyl (C=O) groups excluding carboxylic acids is 2. The summed E-state index contributed by atoms with van der Waals surface area (Å²) in [6, 6.07) is 0. The molecule has 116 valence electrons. The second-order valence-electron chi connectivity index (χ2n) is 6.85. The molecule has 0 rings (SSSR count). The number of ketones is 2. The summed E-state index contributed by atoms with van der Waals surface area (Å²) in [5.41, 5.74) is 0.316. The van der Waals surface area contributed by atoms with E-state index in [1.165, 1.54) is 0 Å². The van der Waals surface area contributed by atoms with Crippen LogP contribution in [-0.2, 0) is 9.59 Å². The van der Waals surface area contributed by atoms with Crippen molar-refractivity contribution < 1.29 is 9.59 Å². The van der Waals surface area contributed by atoms with Gasteiger partial charge in [-0.2, -0.15) is 0 Å². The van der Waals surface area contributed by atoms with Gasteiger partial charge in [-0.3, -0.25) is 4.79 Å².